The van der Waals surface area contributed by atoms with Crippen LogP contribution >= 0.6 is 0 Å². The molecule has 0 unspecified atom stereocenters. The lowest BCUT2D eigenvalue weighted by Crippen LogP contribution is -2.32. The summed E-state index contributed by atoms with van der Waals surface area (Å²) in [6.07, 6.45) is 0.460. The minimum atomic E-state index is -0.640. The number of benzene rings is 2. The molecule has 2 rings (SSSR count). The quantitative estimate of drug-likeness (QED) is 0.669. The number of amides is 2. The van der Waals surface area contributed by atoms with Crippen molar-refractivity contribution in [2.24, 2.45) is 0 Å². The SMILES string of the molecule is CC[C@@H](NC(=O)COC(=O)c1ccc(NC(=O)CC#N)cc1)c1ccc(C)cc1. The molecule has 2 amide bonds. The van der Waals surface area contributed by atoms with Gasteiger partial charge in [-0.1, -0.05) is 36.8 Å². The third kappa shape index (κ3) is 6.78. The van der Waals surface area contributed by atoms with E-state index >= 15 is 0 Å². The first kappa shape index (κ1) is 21.6. The van der Waals surface area contributed by atoms with Crippen molar-refractivity contribution in [3.63, 3.8) is 0 Å². The zero-order valence-electron chi connectivity index (χ0n) is 16.4. The van der Waals surface area contributed by atoms with Crippen LogP contribution in [0.2, 0.25) is 0 Å². The maximum absolute atomic E-state index is 12.2. The summed E-state index contributed by atoms with van der Waals surface area (Å²) in [5, 5.41) is 13.9. The number of carbonyl (C=O) groups is 3. The van der Waals surface area contributed by atoms with Gasteiger partial charge in [0.25, 0.3) is 5.91 Å². The molecule has 0 bridgehead atoms. The van der Waals surface area contributed by atoms with Crippen molar-refractivity contribution >= 4 is 23.5 Å². The predicted molar refractivity (Wildman–Crippen MR) is 108 cm³/mol. The van der Waals surface area contributed by atoms with E-state index in [-0.39, 0.29) is 30.5 Å². The van der Waals surface area contributed by atoms with Crippen LogP contribution in [0.3, 0.4) is 0 Å². The van der Waals surface area contributed by atoms with Crippen LogP contribution in [0.15, 0.2) is 48.5 Å². The molecule has 0 heterocycles. The minimum absolute atomic E-state index is 0.155. The van der Waals surface area contributed by atoms with E-state index in [9.17, 15) is 14.4 Å². The molecule has 0 aliphatic rings. The average Bonchev–Trinajstić information content (AvgIpc) is 2.71. The molecule has 29 heavy (non-hydrogen) atoms. The minimum Gasteiger partial charge on any atom is -0.452 e. The van der Waals surface area contributed by atoms with Crippen LogP contribution in [0.5, 0.6) is 0 Å². The Labute approximate surface area is 169 Å². The fourth-order valence-electron chi connectivity index (χ4n) is 2.64. The molecule has 2 aromatic rings. The summed E-state index contributed by atoms with van der Waals surface area (Å²) in [6, 6.07) is 15.5. The fraction of sp³-hybridized carbons (Fsp3) is 0.273. The van der Waals surface area contributed by atoms with Crippen molar-refractivity contribution in [1.29, 1.82) is 5.26 Å². The summed E-state index contributed by atoms with van der Waals surface area (Å²) in [5.41, 5.74) is 2.84. The number of rotatable bonds is 8. The number of ether oxygens (including phenoxy) is 1. The van der Waals surface area contributed by atoms with Crippen LogP contribution in [-0.2, 0) is 14.3 Å². The number of nitrogens with zero attached hydrogens (tertiary/aromatic N) is 1. The number of nitrogens with one attached hydrogen (secondary N) is 2. The molecule has 2 aromatic carbocycles. The monoisotopic (exact) mass is 393 g/mol. The van der Waals surface area contributed by atoms with E-state index in [4.69, 9.17) is 10.00 Å². The van der Waals surface area contributed by atoms with Crippen LogP contribution < -0.4 is 10.6 Å². The third-order valence-electron chi connectivity index (χ3n) is 4.20. The molecular formula is C22H23N3O4. The first-order valence-corrected chi connectivity index (χ1v) is 9.22. The highest BCUT2D eigenvalue weighted by atomic mass is 16.5. The summed E-state index contributed by atoms with van der Waals surface area (Å²) in [6.45, 7) is 3.57. The first-order valence-electron chi connectivity index (χ1n) is 9.22. The van der Waals surface area contributed by atoms with Gasteiger partial charge in [-0.3, -0.25) is 9.59 Å². The highest BCUT2D eigenvalue weighted by molar-refractivity contribution is 5.94. The molecule has 0 saturated carbocycles. The Hall–Kier alpha value is -3.66. The third-order valence-corrected chi connectivity index (χ3v) is 4.20. The van der Waals surface area contributed by atoms with Crippen LogP contribution in [0.4, 0.5) is 5.69 Å². The van der Waals surface area contributed by atoms with Crippen molar-refractivity contribution in [3.8, 4) is 6.07 Å². The zero-order valence-corrected chi connectivity index (χ0v) is 16.4. The zero-order chi connectivity index (χ0) is 21.2. The van der Waals surface area contributed by atoms with Gasteiger partial charge in [0.05, 0.1) is 17.7 Å². The van der Waals surface area contributed by atoms with Gasteiger partial charge >= 0.3 is 5.97 Å². The van der Waals surface area contributed by atoms with Gasteiger partial charge in [-0.25, -0.2) is 4.79 Å². The number of esters is 1. The van der Waals surface area contributed by atoms with Crippen molar-refractivity contribution in [3.05, 3.63) is 65.2 Å². The second kappa shape index (κ2) is 10.6. The van der Waals surface area contributed by atoms with Crippen LogP contribution in [0.1, 0.15) is 47.3 Å². The molecule has 150 valence electrons. The number of anilines is 1. The Morgan fingerprint density at radius 2 is 1.69 bits per heavy atom. The van der Waals surface area contributed by atoms with Crippen molar-refractivity contribution in [2.45, 2.75) is 32.7 Å². The molecular weight excluding hydrogens is 370 g/mol. The van der Waals surface area contributed by atoms with Gasteiger partial charge in [0.2, 0.25) is 5.91 Å². The molecule has 7 heteroatoms. The summed E-state index contributed by atoms with van der Waals surface area (Å²) >= 11 is 0. The maximum Gasteiger partial charge on any atom is 0.338 e. The normalized spacial score (nSPS) is 11.1. The molecule has 0 aliphatic heterocycles. The lowest BCUT2D eigenvalue weighted by atomic mass is 10.0. The smallest absolute Gasteiger partial charge is 0.338 e. The Kier molecular flexibility index (Phi) is 7.92. The van der Waals surface area contributed by atoms with Crippen LogP contribution in [0, 0.1) is 18.3 Å². The van der Waals surface area contributed by atoms with Crippen molar-refractivity contribution in [2.75, 3.05) is 11.9 Å². The van der Waals surface area contributed by atoms with E-state index in [0.29, 0.717) is 12.1 Å². The number of hydrogen-bond donors (Lipinski definition) is 2. The van der Waals surface area contributed by atoms with Crippen molar-refractivity contribution in [1.82, 2.24) is 5.32 Å². The fourth-order valence-corrected chi connectivity index (χ4v) is 2.64. The Balaban J connectivity index is 1.86. The Morgan fingerprint density at radius 3 is 2.28 bits per heavy atom. The maximum atomic E-state index is 12.2. The average molecular weight is 393 g/mol. The van der Waals surface area contributed by atoms with Gasteiger partial charge in [0.1, 0.15) is 6.42 Å². The molecule has 0 fully saturated rings. The van der Waals surface area contributed by atoms with E-state index in [0.717, 1.165) is 11.1 Å². The van der Waals surface area contributed by atoms with E-state index in [1.54, 1.807) is 6.07 Å². The Bertz CT molecular complexity index is 899. The standard InChI is InChI=1S/C22H23N3O4/c1-3-19(16-6-4-15(2)5-7-16)25-21(27)14-29-22(28)17-8-10-18(11-9-17)24-20(26)12-13-23/h4-11,19H,3,12,14H2,1-2H3,(H,24,26)(H,25,27)/t19-/m1/s1. The van der Waals surface area contributed by atoms with Crippen LogP contribution in [0.25, 0.3) is 0 Å². The van der Waals surface area contributed by atoms with Crippen LogP contribution in [-0.4, -0.2) is 24.4 Å². The molecule has 0 spiro atoms. The van der Waals surface area contributed by atoms with E-state index in [2.05, 4.69) is 10.6 Å². The summed E-state index contributed by atoms with van der Waals surface area (Å²) < 4.78 is 5.07. The van der Waals surface area contributed by atoms with Gasteiger partial charge in [-0.15, -0.1) is 0 Å². The van der Waals surface area contributed by atoms with E-state index in [1.165, 1.54) is 24.3 Å². The lowest BCUT2D eigenvalue weighted by molar-refractivity contribution is -0.125. The summed E-state index contributed by atoms with van der Waals surface area (Å²) in [4.78, 5) is 35.6. The lowest BCUT2D eigenvalue weighted by Gasteiger charge is -2.17. The molecule has 1 atom stereocenters. The molecule has 0 radical (unpaired) electrons. The number of nitriles is 1. The highest BCUT2D eigenvalue weighted by Gasteiger charge is 2.15. The number of aryl methyl sites for hydroxylation is 1. The molecule has 0 saturated heterocycles. The first-order chi connectivity index (χ1) is 13.9. The van der Waals surface area contributed by atoms with Gasteiger partial charge in [0.15, 0.2) is 6.61 Å². The summed E-state index contributed by atoms with van der Waals surface area (Å²) in [7, 11) is 0. The van der Waals surface area contributed by atoms with Crippen molar-refractivity contribution < 1.29 is 19.1 Å². The van der Waals surface area contributed by atoms with Gasteiger partial charge in [0, 0.05) is 5.69 Å². The second-order valence-electron chi connectivity index (χ2n) is 6.48. The van der Waals surface area contributed by atoms with E-state index in [1.807, 2.05) is 38.1 Å². The largest absolute Gasteiger partial charge is 0.452 e. The molecule has 2 N–H and O–H groups in total. The molecule has 7 nitrogen and oxygen atoms in total. The topological polar surface area (TPSA) is 108 Å². The summed E-state index contributed by atoms with van der Waals surface area (Å²) in [5.74, 6) is -1.46. The molecule has 0 aromatic heterocycles. The Morgan fingerprint density at radius 1 is 1.03 bits per heavy atom. The predicted octanol–water partition coefficient (Wildman–Crippen LogP) is 3.27. The van der Waals surface area contributed by atoms with Gasteiger partial charge in [-0.05, 0) is 43.2 Å². The second-order valence-corrected chi connectivity index (χ2v) is 6.48. The van der Waals surface area contributed by atoms with Gasteiger partial charge in [-0.2, -0.15) is 5.26 Å². The van der Waals surface area contributed by atoms with Gasteiger partial charge < -0.3 is 15.4 Å². The number of carbonyl (C=O) groups excluding carboxylic acids is 3. The number of hydrogen-bond acceptors (Lipinski definition) is 5. The van der Waals surface area contributed by atoms with E-state index < -0.39 is 11.9 Å². The highest BCUT2D eigenvalue weighted by Crippen LogP contribution is 2.17. The molecule has 0 aliphatic carbocycles.